The predicted molar refractivity (Wildman–Crippen MR) is 129 cm³/mol. The molecule has 35 heavy (non-hydrogen) atoms. The molecule has 0 N–H and O–H groups in total. The van der Waals surface area contributed by atoms with E-state index in [9.17, 15) is 17.6 Å². The summed E-state index contributed by atoms with van der Waals surface area (Å²) in [7, 11) is 1.68. The number of methoxy groups -OCH3 is 1. The molecule has 0 atom stereocenters. The van der Waals surface area contributed by atoms with E-state index in [1.54, 1.807) is 50.4 Å². The van der Waals surface area contributed by atoms with E-state index in [0.717, 1.165) is 31.2 Å². The van der Waals surface area contributed by atoms with Gasteiger partial charge in [0.25, 0.3) is 0 Å². The molecular weight excluding hydrogens is 456 g/mol. The number of ether oxygens (including phenoxy) is 2. The molecule has 0 radical (unpaired) electrons. The maximum atomic E-state index is 15.0. The molecule has 0 heterocycles. The molecule has 0 saturated heterocycles. The van der Waals surface area contributed by atoms with Crippen LogP contribution in [0.4, 0.5) is 17.6 Å². The predicted octanol–water partition coefficient (Wildman–Crippen LogP) is 7.77. The summed E-state index contributed by atoms with van der Waals surface area (Å²) in [4.78, 5) is 0. The van der Waals surface area contributed by atoms with Crippen LogP contribution < -0.4 is 4.74 Å². The largest absolute Gasteiger partial charge is 0.491 e. The summed E-state index contributed by atoms with van der Waals surface area (Å²) >= 11 is 0. The number of benzene rings is 3. The number of hydrogen-bond donors (Lipinski definition) is 0. The Morgan fingerprint density at radius 2 is 1.46 bits per heavy atom. The fraction of sp³-hybridized carbons (Fsp3) is 0.379. The molecule has 3 aromatic rings. The Morgan fingerprint density at radius 3 is 2.11 bits per heavy atom. The van der Waals surface area contributed by atoms with Gasteiger partial charge in [0.1, 0.15) is 0 Å². The van der Waals surface area contributed by atoms with E-state index < -0.39 is 23.3 Å². The molecule has 1 aliphatic rings. The van der Waals surface area contributed by atoms with Crippen molar-refractivity contribution in [2.75, 3.05) is 13.7 Å². The molecule has 1 saturated carbocycles. The summed E-state index contributed by atoms with van der Waals surface area (Å²) in [6, 6.07) is 13.4. The zero-order chi connectivity index (χ0) is 24.9. The maximum Gasteiger partial charge on any atom is 0.200 e. The van der Waals surface area contributed by atoms with Gasteiger partial charge < -0.3 is 9.47 Å². The van der Waals surface area contributed by atoms with Gasteiger partial charge in [0, 0.05) is 12.7 Å². The first-order valence-corrected chi connectivity index (χ1v) is 12.1. The van der Waals surface area contributed by atoms with Crippen molar-refractivity contribution in [1.29, 1.82) is 0 Å². The fourth-order valence-corrected chi connectivity index (χ4v) is 4.87. The van der Waals surface area contributed by atoms with Gasteiger partial charge in [0.2, 0.25) is 5.82 Å². The van der Waals surface area contributed by atoms with Crippen LogP contribution in [0.15, 0.2) is 48.5 Å². The topological polar surface area (TPSA) is 18.5 Å². The molecule has 0 bridgehead atoms. The van der Waals surface area contributed by atoms with Gasteiger partial charge in [0.15, 0.2) is 23.2 Å². The molecule has 1 aliphatic carbocycles. The summed E-state index contributed by atoms with van der Waals surface area (Å²) in [5, 5.41) is 0. The van der Waals surface area contributed by atoms with Crippen LogP contribution in [0.1, 0.15) is 55.2 Å². The molecule has 0 unspecified atom stereocenters. The smallest absolute Gasteiger partial charge is 0.200 e. The van der Waals surface area contributed by atoms with Crippen LogP contribution in [-0.2, 0) is 17.6 Å². The van der Waals surface area contributed by atoms with Crippen molar-refractivity contribution < 1.29 is 27.0 Å². The first-order valence-electron chi connectivity index (χ1n) is 12.1. The molecule has 0 spiro atoms. The summed E-state index contributed by atoms with van der Waals surface area (Å²) in [6.07, 6.45) is 4.23. The second-order valence-electron chi connectivity index (χ2n) is 9.02. The van der Waals surface area contributed by atoms with Gasteiger partial charge in [-0.3, -0.25) is 0 Å². The third kappa shape index (κ3) is 5.53. The van der Waals surface area contributed by atoms with Gasteiger partial charge in [0.05, 0.1) is 12.7 Å². The highest BCUT2D eigenvalue weighted by atomic mass is 19.2. The minimum Gasteiger partial charge on any atom is -0.491 e. The van der Waals surface area contributed by atoms with Crippen molar-refractivity contribution >= 4 is 0 Å². The monoisotopic (exact) mass is 486 g/mol. The van der Waals surface area contributed by atoms with Gasteiger partial charge in [-0.05, 0) is 79.7 Å². The normalized spacial score (nSPS) is 18.0. The third-order valence-electron chi connectivity index (χ3n) is 6.93. The lowest BCUT2D eigenvalue weighted by Gasteiger charge is -2.28. The van der Waals surface area contributed by atoms with Crippen molar-refractivity contribution in [3.8, 4) is 16.9 Å². The number of aryl methyl sites for hydroxylation is 2. The Bertz CT molecular complexity index is 1150. The molecule has 186 valence electrons. The van der Waals surface area contributed by atoms with E-state index in [0.29, 0.717) is 24.0 Å². The van der Waals surface area contributed by atoms with Gasteiger partial charge in [-0.25, -0.2) is 13.2 Å². The second kappa shape index (κ2) is 11.3. The first kappa shape index (κ1) is 25.2. The van der Waals surface area contributed by atoms with Crippen LogP contribution in [0.25, 0.3) is 11.1 Å². The van der Waals surface area contributed by atoms with Gasteiger partial charge >= 0.3 is 0 Å². The third-order valence-corrected chi connectivity index (χ3v) is 6.93. The average molecular weight is 487 g/mol. The molecule has 0 aliphatic heterocycles. The molecule has 0 amide bonds. The van der Waals surface area contributed by atoms with Gasteiger partial charge in [-0.2, -0.15) is 4.39 Å². The van der Waals surface area contributed by atoms with Crippen LogP contribution in [0.5, 0.6) is 5.75 Å². The van der Waals surface area contributed by atoms with E-state index >= 15 is 0 Å². The summed E-state index contributed by atoms with van der Waals surface area (Å²) in [5.41, 5.74) is 2.36. The van der Waals surface area contributed by atoms with Crippen molar-refractivity contribution in [3.63, 3.8) is 0 Å². The van der Waals surface area contributed by atoms with E-state index in [1.165, 1.54) is 12.1 Å². The van der Waals surface area contributed by atoms with Crippen LogP contribution >= 0.6 is 0 Å². The molecule has 0 aromatic heterocycles. The lowest BCUT2D eigenvalue weighted by Crippen LogP contribution is -2.20. The van der Waals surface area contributed by atoms with E-state index in [1.807, 2.05) is 0 Å². The van der Waals surface area contributed by atoms with Crippen molar-refractivity contribution in [2.24, 2.45) is 0 Å². The van der Waals surface area contributed by atoms with Gasteiger partial charge in [-0.1, -0.05) is 42.5 Å². The van der Waals surface area contributed by atoms with E-state index in [-0.39, 0.29) is 35.5 Å². The fourth-order valence-electron chi connectivity index (χ4n) is 4.87. The number of hydrogen-bond acceptors (Lipinski definition) is 2. The Kier molecular flexibility index (Phi) is 8.11. The summed E-state index contributed by atoms with van der Waals surface area (Å²) in [5.74, 6) is -3.59. The highest BCUT2D eigenvalue weighted by molar-refractivity contribution is 5.65. The summed E-state index contributed by atoms with van der Waals surface area (Å²) < 4.78 is 68.8. The van der Waals surface area contributed by atoms with Crippen molar-refractivity contribution in [2.45, 2.75) is 57.5 Å². The minimum absolute atomic E-state index is 0.000147. The highest BCUT2D eigenvalue weighted by Crippen LogP contribution is 2.37. The van der Waals surface area contributed by atoms with Crippen LogP contribution in [0.3, 0.4) is 0 Å². The highest BCUT2D eigenvalue weighted by Gasteiger charge is 2.26. The Morgan fingerprint density at radius 1 is 0.743 bits per heavy atom. The van der Waals surface area contributed by atoms with Crippen LogP contribution in [-0.4, -0.2) is 19.8 Å². The quantitative estimate of drug-likeness (QED) is 0.303. The van der Waals surface area contributed by atoms with E-state index in [2.05, 4.69) is 0 Å². The van der Waals surface area contributed by atoms with Crippen LogP contribution in [0, 0.1) is 23.3 Å². The maximum absolute atomic E-state index is 15.0. The molecular formula is C29H30F4O2. The lowest BCUT2D eigenvalue weighted by molar-refractivity contribution is 0.0655. The van der Waals surface area contributed by atoms with E-state index in [4.69, 9.17) is 9.47 Å². The molecule has 6 heteroatoms. The Labute approximate surface area is 203 Å². The van der Waals surface area contributed by atoms with Gasteiger partial charge in [-0.15, -0.1) is 0 Å². The minimum atomic E-state index is -0.979. The zero-order valence-electron chi connectivity index (χ0n) is 20.1. The standard InChI is InChI=1S/C29H30F4O2/c1-3-35-25-17-12-21(26(30)29(25)33)9-6-18-4-7-19(8-5-18)23-15-16-24(28(32)27(23)31)20-10-13-22(34-2)14-11-20/h4-5,7-8,12,15-17,20,22H,3,6,9-11,13-14H2,1-2H3. The molecule has 2 nitrogen and oxygen atoms in total. The Balaban J connectivity index is 1.44. The first-order chi connectivity index (χ1) is 16.9. The molecule has 1 fully saturated rings. The lowest BCUT2D eigenvalue weighted by atomic mass is 9.82. The SMILES string of the molecule is CCOc1ccc(CCc2ccc(-c3ccc(C4CCC(OC)CC4)c(F)c3F)cc2)c(F)c1F. The number of rotatable bonds is 8. The Hall–Kier alpha value is -2.86. The second-order valence-corrected chi connectivity index (χ2v) is 9.02. The van der Waals surface area contributed by atoms with Crippen molar-refractivity contribution in [3.05, 3.63) is 88.5 Å². The molecule has 4 rings (SSSR count). The van der Waals surface area contributed by atoms with Crippen molar-refractivity contribution in [1.82, 2.24) is 0 Å². The molecule has 3 aromatic carbocycles. The average Bonchev–Trinajstić information content (AvgIpc) is 2.88. The number of halogens is 4. The zero-order valence-corrected chi connectivity index (χ0v) is 20.1. The van der Waals surface area contributed by atoms with Crippen LogP contribution in [0.2, 0.25) is 0 Å². The summed E-state index contributed by atoms with van der Waals surface area (Å²) in [6.45, 7) is 1.96.